The predicted molar refractivity (Wildman–Crippen MR) is 95.5 cm³/mol. The number of hydrogen-bond donors (Lipinski definition) is 1. The summed E-state index contributed by atoms with van der Waals surface area (Å²) in [6.45, 7) is 3.59. The summed E-state index contributed by atoms with van der Waals surface area (Å²) in [7, 11) is 0. The van der Waals surface area contributed by atoms with E-state index in [1.54, 1.807) is 0 Å². The van der Waals surface area contributed by atoms with Gasteiger partial charge >= 0.3 is 0 Å². The average molecular weight is 332 g/mol. The Bertz CT molecular complexity index is 521. The minimum atomic E-state index is -0.110. The smallest absolute Gasteiger partial charge is 0.250 e. The molecule has 0 radical (unpaired) electrons. The number of nitrogens with zero attached hydrogens (tertiary/aromatic N) is 1. The molecule has 1 amide bonds. The second-order valence-electron chi connectivity index (χ2n) is 6.65. The predicted octanol–water partition coefficient (Wildman–Crippen LogP) is 3.20. The van der Waals surface area contributed by atoms with Gasteiger partial charge in [0.05, 0.1) is 12.7 Å². The quantitative estimate of drug-likeness (QED) is 0.869. The van der Waals surface area contributed by atoms with Crippen molar-refractivity contribution in [1.29, 1.82) is 0 Å². The standard InChI is InChI=1S/C19H28N2O3/c22-19(15-23-14-18-9-6-12-24-18)20-16-7-5-8-17(13-16)21-10-3-1-2-4-11-21/h5,7-8,13,18H,1-4,6,9-12,14-15H2,(H,20,22). The van der Waals surface area contributed by atoms with Crippen LogP contribution in [0.15, 0.2) is 24.3 Å². The lowest BCUT2D eigenvalue weighted by Gasteiger charge is -2.23. The first-order valence-electron chi connectivity index (χ1n) is 9.15. The fourth-order valence-corrected chi connectivity index (χ4v) is 3.37. The number of carbonyl (C=O) groups is 1. The van der Waals surface area contributed by atoms with Crippen molar-refractivity contribution in [3.63, 3.8) is 0 Å². The van der Waals surface area contributed by atoms with Crippen LogP contribution in [0.25, 0.3) is 0 Å². The zero-order valence-corrected chi connectivity index (χ0v) is 14.3. The van der Waals surface area contributed by atoms with Crippen molar-refractivity contribution in [3.8, 4) is 0 Å². The normalized spacial score (nSPS) is 21.5. The van der Waals surface area contributed by atoms with Gasteiger partial charge in [-0.3, -0.25) is 4.79 Å². The van der Waals surface area contributed by atoms with E-state index in [0.717, 1.165) is 38.2 Å². The molecule has 1 N–H and O–H groups in total. The van der Waals surface area contributed by atoms with Crippen molar-refractivity contribution in [2.24, 2.45) is 0 Å². The van der Waals surface area contributed by atoms with Gasteiger partial charge in [0.2, 0.25) is 5.91 Å². The van der Waals surface area contributed by atoms with Crippen LogP contribution in [0.4, 0.5) is 11.4 Å². The molecule has 2 fully saturated rings. The molecule has 0 aromatic heterocycles. The summed E-state index contributed by atoms with van der Waals surface area (Å²) >= 11 is 0. The van der Waals surface area contributed by atoms with Gasteiger partial charge in [0.15, 0.2) is 0 Å². The Kier molecular flexibility index (Phi) is 6.49. The van der Waals surface area contributed by atoms with Gasteiger partial charge in [-0.2, -0.15) is 0 Å². The van der Waals surface area contributed by atoms with Crippen molar-refractivity contribution < 1.29 is 14.3 Å². The highest BCUT2D eigenvalue weighted by Gasteiger charge is 2.16. The maximum atomic E-state index is 12.0. The third-order valence-corrected chi connectivity index (χ3v) is 4.66. The van der Waals surface area contributed by atoms with E-state index in [2.05, 4.69) is 22.3 Å². The van der Waals surface area contributed by atoms with Crippen LogP contribution in [0.2, 0.25) is 0 Å². The van der Waals surface area contributed by atoms with Crippen LogP contribution in [0.5, 0.6) is 0 Å². The van der Waals surface area contributed by atoms with Crippen molar-refractivity contribution >= 4 is 17.3 Å². The number of amides is 1. The lowest BCUT2D eigenvalue weighted by atomic mass is 10.2. The van der Waals surface area contributed by atoms with Gasteiger partial charge in [-0.15, -0.1) is 0 Å². The van der Waals surface area contributed by atoms with Gasteiger partial charge in [-0.25, -0.2) is 0 Å². The zero-order valence-electron chi connectivity index (χ0n) is 14.3. The first-order valence-corrected chi connectivity index (χ1v) is 9.15. The highest BCUT2D eigenvalue weighted by molar-refractivity contribution is 5.92. The second kappa shape index (κ2) is 9.04. The Morgan fingerprint density at radius 3 is 2.79 bits per heavy atom. The Balaban J connectivity index is 1.47. The second-order valence-corrected chi connectivity index (χ2v) is 6.65. The van der Waals surface area contributed by atoms with Gasteiger partial charge in [0, 0.05) is 31.1 Å². The Hall–Kier alpha value is -1.59. The molecule has 5 heteroatoms. The van der Waals surface area contributed by atoms with E-state index in [1.807, 2.05) is 12.1 Å². The molecule has 2 aliphatic heterocycles. The largest absolute Gasteiger partial charge is 0.376 e. The molecule has 2 heterocycles. The molecule has 1 unspecified atom stereocenters. The highest BCUT2D eigenvalue weighted by atomic mass is 16.5. The summed E-state index contributed by atoms with van der Waals surface area (Å²) < 4.78 is 11.0. The van der Waals surface area contributed by atoms with Crippen LogP contribution in [-0.2, 0) is 14.3 Å². The molecule has 2 aliphatic rings. The molecule has 1 aromatic rings. The van der Waals surface area contributed by atoms with E-state index in [0.29, 0.717) is 6.61 Å². The number of hydrogen-bond acceptors (Lipinski definition) is 4. The lowest BCUT2D eigenvalue weighted by molar-refractivity contribution is -0.121. The summed E-state index contributed by atoms with van der Waals surface area (Å²) in [4.78, 5) is 14.5. The Labute approximate surface area is 144 Å². The van der Waals surface area contributed by atoms with Crippen molar-refractivity contribution in [2.75, 3.05) is 43.1 Å². The van der Waals surface area contributed by atoms with E-state index in [9.17, 15) is 4.79 Å². The molecular weight excluding hydrogens is 304 g/mol. The molecule has 132 valence electrons. The molecule has 24 heavy (non-hydrogen) atoms. The first-order chi connectivity index (χ1) is 11.8. The summed E-state index contributed by atoms with van der Waals surface area (Å²) in [6, 6.07) is 8.11. The maximum Gasteiger partial charge on any atom is 0.250 e. The van der Waals surface area contributed by atoms with Gasteiger partial charge in [-0.05, 0) is 43.9 Å². The minimum Gasteiger partial charge on any atom is -0.376 e. The molecule has 0 aliphatic carbocycles. The van der Waals surface area contributed by atoms with E-state index >= 15 is 0 Å². The summed E-state index contributed by atoms with van der Waals surface area (Å²) in [5.74, 6) is -0.110. The van der Waals surface area contributed by atoms with Gasteiger partial charge in [-0.1, -0.05) is 18.9 Å². The van der Waals surface area contributed by atoms with Crippen molar-refractivity contribution in [1.82, 2.24) is 0 Å². The van der Waals surface area contributed by atoms with Crippen LogP contribution in [0.1, 0.15) is 38.5 Å². The first kappa shape index (κ1) is 17.2. The third kappa shape index (κ3) is 5.21. The molecular formula is C19H28N2O3. The lowest BCUT2D eigenvalue weighted by Crippen LogP contribution is -2.24. The molecule has 1 aromatic carbocycles. The number of rotatable bonds is 6. The van der Waals surface area contributed by atoms with Gasteiger partial charge in [0.1, 0.15) is 6.61 Å². The number of carbonyl (C=O) groups excluding carboxylic acids is 1. The van der Waals surface area contributed by atoms with E-state index in [4.69, 9.17) is 9.47 Å². The van der Waals surface area contributed by atoms with Gasteiger partial charge in [0.25, 0.3) is 0 Å². The average Bonchev–Trinajstić information content (AvgIpc) is 2.95. The van der Waals surface area contributed by atoms with E-state index in [-0.39, 0.29) is 18.6 Å². The number of ether oxygens (including phenoxy) is 2. The molecule has 0 bridgehead atoms. The van der Waals surface area contributed by atoms with Crippen LogP contribution in [-0.4, -0.2) is 44.9 Å². The van der Waals surface area contributed by atoms with Crippen molar-refractivity contribution in [2.45, 2.75) is 44.6 Å². The number of benzene rings is 1. The topological polar surface area (TPSA) is 50.8 Å². The molecule has 0 spiro atoms. The van der Waals surface area contributed by atoms with Crippen molar-refractivity contribution in [3.05, 3.63) is 24.3 Å². The summed E-state index contributed by atoms with van der Waals surface area (Å²) in [5.41, 5.74) is 2.03. The molecule has 2 saturated heterocycles. The molecule has 3 rings (SSSR count). The third-order valence-electron chi connectivity index (χ3n) is 4.66. The van der Waals surface area contributed by atoms with Crippen LogP contribution < -0.4 is 10.2 Å². The number of anilines is 2. The Morgan fingerprint density at radius 2 is 2.04 bits per heavy atom. The van der Waals surface area contributed by atoms with Crippen LogP contribution >= 0.6 is 0 Å². The summed E-state index contributed by atoms with van der Waals surface area (Å²) in [6.07, 6.45) is 7.39. The zero-order chi connectivity index (χ0) is 16.6. The monoisotopic (exact) mass is 332 g/mol. The minimum absolute atomic E-state index is 0.0772. The van der Waals surface area contributed by atoms with Crippen LogP contribution in [0, 0.1) is 0 Å². The fourth-order valence-electron chi connectivity index (χ4n) is 3.37. The SMILES string of the molecule is O=C(COCC1CCCO1)Nc1cccc(N2CCCCCC2)c1. The molecule has 5 nitrogen and oxygen atoms in total. The maximum absolute atomic E-state index is 12.0. The van der Waals surface area contributed by atoms with Crippen LogP contribution in [0.3, 0.4) is 0 Å². The fraction of sp³-hybridized carbons (Fsp3) is 0.632. The molecule has 0 saturated carbocycles. The number of nitrogens with one attached hydrogen (secondary N) is 1. The molecule has 1 atom stereocenters. The summed E-state index contributed by atoms with van der Waals surface area (Å²) in [5, 5.41) is 2.93. The van der Waals surface area contributed by atoms with E-state index < -0.39 is 0 Å². The highest BCUT2D eigenvalue weighted by Crippen LogP contribution is 2.22. The van der Waals surface area contributed by atoms with Gasteiger partial charge < -0.3 is 19.7 Å². The Morgan fingerprint density at radius 1 is 1.21 bits per heavy atom. The van der Waals surface area contributed by atoms with E-state index in [1.165, 1.54) is 31.4 Å².